The fraction of sp³-hybridized carbons (Fsp3) is 0.375. The number of alkyl halides is 6. The van der Waals surface area contributed by atoms with Crippen LogP contribution >= 0.6 is 0 Å². The topological polar surface area (TPSA) is 93.9 Å². The van der Waals surface area contributed by atoms with Crippen LogP contribution in [-0.4, -0.2) is 60.5 Å². The molecule has 7 nitrogen and oxygen atoms in total. The van der Waals surface area contributed by atoms with Gasteiger partial charge in [0.25, 0.3) is 5.92 Å². The van der Waals surface area contributed by atoms with Crippen LogP contribution in [0.5, 0.6) is 11.5 Å². The number of nitrogens with one attached hydrogen (secondary N) is 1. The van der Waals surface area contributed by atoms with Gasteiger partial charge < -0.3 is 25.4 Å². The third kappa shape index (κ3) is 8.24. The summed E-state index contributed by atoms with van der Waals surface area (Å²) in [6.45, 7) is 1.48. The van der Waals surface area contributed by atoms with E-state index in [1.807, 2.05) is 0 Å². The van der Waals surface area contributed by atoms with Crippen molar-refractivity contribution >= 4 is 11.9 Å². The van der Waals surface area contributed by atoms with Crippen LogP contribution in [0.2, 0.25) is 0 Å². The lowest BCUT2D eigenvalue weighted by Crippen LogP contribution is -2.52. The highest BCUT2D eigenvalue weighted by Gasteiger charge is 2.50. The number of carbonyl (C=O) groups is 2. The Morgan fingerprint density at radius 1 is 1.02 bits per heavy atom. The maximum Gasteiger partial charge on any atom is 0.461 e. The number of urea groups is 1. The molecule has 1 fully saturated rings. The zero-order valence-electron chi connectivity index (χ0n) is 25.1. The summed E-state index contributed by atoms with van der Waals surface area (Å²) < 4.78 is 122. The molecule has 0 bridgehead atoms. The van der Waals surface area contributed by atoms with Crippen LogP contribution in [0.25, 0.3) is 0 Å². The highest BCUT2D eigenvalue weighted by molar-refractivity contribution is 5.87. The highest BCUT2D eigenvalue weighted by Crippen LogP contribution is 2.41. The quantitative estimate of drug-likeness (QED) is 0.217. The van der Waals surface area contributed by atoms with Crippen LogP contribution in [0.4, 0.5) is 39.9 Å². The number of nitrogens with two attached hydrogens (primary N) is 1. The lowest BCUT2D eigenvalue weighted by Gasteiger charge is -2.37. The highest BCUT2D eigenvalue weighted by atomic mass is 19.3. The number of nitrogens with zero attached hydrogens (tertiary/aromatic N) is 1. The molecular formula is C32H31F8N3O4. The van der Waals surface area contributed by atoms with Gasteiger partial charge in [0.05, 0.1) is 12.6 Å². The van der Waals surface area contributed by atoms with E-state index >= 15 is 4.39 Å². The average molecular weight is 674 g/mol. The Morgan fingerprint density at radius 2 is 1.70 bits per heavy atom. The van der Waals surface area contributed by atoms with Crippen molar-refractivity contribution in [1.82, 2.24) is 10.2 Å². The van der Waals surface area contributed by atoms with Crippen molar-refractivity contribution in [2.75, 3.05) is 13.1 Å². The molecule has 4 rings (SSSR count). The first-order valence-electron chi connectivity index (χ1n) is 14.3. The van der Waals surface area contributed by atoms with E-state index in [-0.39, 0.29) is 23.3 Å². The fourth-order valence-corrected chi connectivity index (χ4v) is 5.44. The number of halogens is 8. The number of amides is 3. The number of hydrogen-bond donors (Lipinski definition) is 2. The summed E-state index contributed by atoms with van der Waals surface area (Å²) in [6.07, 6.45) is -11.0. The van der Waals surface area contributed by atoms with E-state index in [1.165, 1.54) is 12.1 Å². The Hall–Kier alpha value is -4.56. The maximum absolute atomic E-state index is 15.1. The minimum Gasteiger partial charge on any atom is -0.488 e. The molecule has 0 radical (unpaired) electrons. The molecule has 1 saturated heterocycles. The Labute approximate surface area is 264 Å². The lowest BCUT2D eigenvalue weighted by atomic mass is 9.70. The zero-order valence-corrected chi connectivity index (χ0v) is 25.1. The monoisotopic (exact) mass is 673 g/mol. The minimum absolute atomic E-state index is 0.120. The van der Waals surface area contributed by atoms with Crippen LogP contribution in [0, 0.1) is 11.6 Å². The van der Waals surface area contributed by atoms with Gasteiger partial charge in [-0.15, -0.1) is 0 Å². The number of ether oxygens (including phenoxy) is 2. The minimum atomic E-state index is -5.01. The molecule has 3 N–H and O–H groups in total. The van der Waals surface area contributed by atoms with Gasteiger partial charge in [0, 0.05) is 24.4 Å². The SMILES string of the molecule is CC(C)Oc1cc([C@](CNC(=O)N2CC(F)(F)C[C@@H]2C(N)=O)(Cc2ccccc2)c2cc(F)cc(OC(F)(F)C(F)F)c2)ccc1F. The Balaban J connectivity index is 1.92. The molecule has 2 atom stereocenters. The number of primary amides is 1. The molecule has 0 aliphatic carbocycles. The zero-order chi connectivity index (χ0) is 34.7. The third-order valence-corrected chi connectivity index (χ3v) is 7.53. The van der Waals surface area contributed by atoms with E-state index in [4.69, 9.17) is 10.5 Å². The van der Waals surface area contributed by atoms with Crippen molar-refractivity contribution in [3.8, 4) is 11.5 Å². The summed E-state index contributed by atoms with van der Waals surface area (Å²) in [7, 11) is 0. The summed E-state index contributed by atoms with van der Waals surface area (Å²) in [4.78, 5) is 25.9. The molecule has 3 amide bonds. The molecule has 3 aromatic rings. The Morgan fingerprint density at radius 3 is 2.32 bits per heavy atom. The average Bonchev–Trinajstić information content (AvgIpc) is 3.31. The van der Waals surface area contributed by atoms with Gasteiger partial charge in [0.2, 0.25) is 5.91 Å². The molecule has 0 spiro atoms. The van der Waals surface area contributed by atoms with Gasteiger partial charge in [0.15, 0.2) is 11.6 Å². The van der Waals surface area contributed by atoms with Gasteiger partial charge in [0.1, 0.15) is 17.6 Å². The van der Waals surface area contributed by atoms with Crippen molar-refractivity contribution in [3.05, 3.63) is 95.1 Å². The normalized spacial score (nSPS) is 17.4. The van der Waals surface area contributed by atoms with Crippen molar-refractivity contribution in [3.63, 3.8) is 0 Å². The molecule has 0 aromatic heterocycles. The van der Waals surface area contributed by atoms with E-state index in [9.17, 15) is 40.3 Å². The summed E-state index contributed by atoms with van der Waals surface area (Å²) >= 11 is 0. The van der Waals surface area contributed by atoms with Crippen molar-refractivity contribution in [2.24, 2.45) is 5.73 Å². The summed E-state index contributed by atoms with van der Waals surface area (Å²) in [5.41, 5.74) is 3.95. The molecule has 47 heavy (non-hydrogen) atoms. The first kappa shape index (κ1) is 35.3. The van der Waals surface area contributed by atoms with Gasteiger partial charge in [-0.25, -0.2) is 22.4 Å². The number of benzene rings is 3. The maximum atomic E-state index is 15.1. The number of likely N-dealkylation sites (tertiary alicyclic amines) is 1. The summed E-state index contributed by atoms with van der Waals surface area (Å²) in [6, 6.07) is 11.1. The van der Waals surface area contributed by atoms with Crippen LogP contribution < -0.4 is 20.5 Å². The Kier molecular flexibility index (Phi) is 10.3. The van der Waals surface area contributed by atoms with Crippen LogP contribution in [0.3, 0.4) is 0 Å². The molecule has 15 heteroatoms. The van der Waals surface area contributed by atoms with E-state index in [0.29, 0.717) is 16.5 Å². The predicted octanol–water partition coefficient (Wildman–Crippen LogP) is 6.42. The largest absolute Gasteiger partial charge is 0.488 e. The molecule has 0 unspecified atom stereocenters. The predicted molar refractivity (Wildman–Crippen MR) is 154 cm³/mol. The van der Waals surface area contributed by atoms with Crippen LogP contribution in [-0.2, 0) is 16.6 Å². The molecule has 3 aromatic carbocycles. The van der Waals surface area contributed by atoms with Gasteiger partial charge in [-0.1, -0.05) is 36.4 Å². The first-order valence-corrected chi connectivity index (χ1v) is 14.3. The smallest absolute Gasteiger partial charge is 0.461 e. The van der Waals surface area contributed by atoms with Gasteiger partial charge in [-0.3, -0.25) is 4.79 Å². The van der Waals surface area contributed by atoms with Gasteiger partial charge in [-0.2, -0.15) is 17.6 Å². The second kappa shape index (κ2) is 13.7. The van der Waals surface area contributed by atoms with E-state index < -0.39 is 84.8 Å². The standard InChI is InChI=1S/C32H31F8N3O4/c1-18(2)46-26-12-20(8-9-24(26)34)30(14-19-6-4-3-5-7-19,16-42-29(45)43-17-31(37,38)15-25(43)27(41)44)21-10-22(33)13-23(11-21)47-32(39,40)28(35)36/h3-13,18,25,28H,14-17H2,1-2H3,(H2,41,44)(H,42,45)/t25-,30-/m1/s1. The Bertz CT molecular complexity index is 1590. The lowest BCUT2D eigenvalue weighted by molar-refractivity contribution is -0.253. The second-order valence-corrected chi connectivity index (χ2v) is 11.5. The summed E-state index contributed by atoms with van der Waals surface area (Å²) in [5, 5.41) is 2.47. The van der Waals surface area contributed by atoms with Gasteiger partial charge in [-0.05, 0) is 61.2 Å². The van der Waals surface area contributed by atoms with E-state index in [1.54, 1.807) is 44.2 Å². The van der Waals surface area contributed by atoms with Crippen molar-refractivity contribution in [1.29, 1.82) is 0 Å². The van der Waals surface area contributed by atoms with Crippen LogP contribution in [0.1, 0.15) is 37.0 Å². The molecule has 1 aliphatic heterocycles. The molecule has 254 valence electrons. The summed E-state index contributed by atoms with van der Waals surface area (Å²) in [5.74, 6) is -7.89. The fourth-order valence-electron chi connectivity index (χ4n) is 5.44. The number of hydrogen-bond acceptors (Lipinski definition) is 4. The van der Waals surface area contributed by atoms with Crippen molar-refractivity contribution in [2.45, 2.75) is 62.7 Å². The number of carbonyl (C=O) groups excluding carboxylic acids is 2. The van der Waals surface area contributed by atoms with Crippen LogP contribution in [0.15, 0.2) is 66.7 Å². The molecule has 1 heterocycles. The number of rotatable bonds is 12. The van der Waals surface area contributed by atoms with E-state index in [0.717, 1.165) is 18.2 Å². The molecule has 0 saturated carbocycles. The second-order valence-electron chi connectivity index (χ2n) is 11.5. The van der Waals surface area contributed by atoms with E-state index in [2.05, 4.69) is 10.1 Å². The first-order chi connectivity index (χ1) is 21.9. The van der Waals surface area contributed by atoms with Gasteiger partial charge >= 0.3 is 18.6 Å². The molecule has 1 aliphatic rings. The van der Waals surface area contributed by atoms with Crippen molar-refractivity contribution < 1.29 is 54.2 Å². The third-order valence-electron chi connectivity index (χ3n) is 7.53. The molecular weight excluding hydrogens is 642 g/mol.